The summed E-state index contributed by atoms with van der Waals surface area (Å²) < 4.78 is 0. The van der Waals surface area contributed by atoms with E-state index in [1.165, 1.54) is 11.1 Å². The van der Waals surface area contributed by atoms with Gasteiger partial charge in [0, 0.05) is 33.6 Å². The van der Waals surface area contributed by atoms with Crippen molar-refractivity contribution in [1.82, 2.24) is 9.97 Å². The summed E-state index contributed by atoms with van der Waals surface area (Å²) in [5.41, 5.74) is 3.26. The van der Waals surface area contributed by atoms with Crippen LogP contribution in [0.5, 0.6) is 0 Å². The van der Waals surface area contributed by atoms with E-state index in [0.29, 0.717) is 18.2 Å². The maximum atomic E-state index is 9.30. The Kier molecular flexibility index (Phi) is 6.07. The Labute approximate surface area is 165 Å². The molecule has 6 heteroatoms. The Balaban J connectivity index is 1.97. The SMILES string of the molecule is CNc1nc(C#N)nc(NCC(c2ccccc2)c2ccccc2)c1N(C)C. The van der Waals surface area contributed by atoms with Gasteiger partial charge >= 0.3 is 0 Å². The third-order valence-corrected chi connectivity index (χ3v) is 4.55. The minimum atomic E-state index is 0.133. The number of hydrogen-bond acceptors (Lipinski definition) is 6. The fourth-order valence-electron chi connectivity index (χ4n) is 3.22. The Morgan fingerprint density at radius 1 is 0.929 bits per heavy atom. The molecule has 2 aromatic carbocycles. The quantitative estimate of drug-likeness (QED) is 0.658. The maximum absolute atomic E-state index is 9.30. The van der Waals surface area contributed by atoms with E-state index in [2.05, 4.69) is 44.9 Å². The molecule has 0 aliphatic heterocycles. The fraction of sp³-hybridized carbons (Fsp3) is 0.227. The van der Waals surface area contributed by atoms with E-state index < -0.39 is 0 Å². The van der Waals surface area contributed by atoms with Gasteiger partial charge in [-0.25, -0.2) is 0 Å². The monoisotopic (exact) mass is 372 g/mol. The number of anilines is 3. The van der Waals surface area contributed by atoms with Crippen LogP contribution < -0.4 is 15.5 Å². The first kappa shape index (κ1) is 19.2. The molecule has 2 N–H and O–H groups in total. The molecule has 0 bridgehead atoms. The molecule has 3 aromatic rings. The second-order valence-electron chi connectivity index (χ2n) is 6.60. The van der Waals surface area contributed by atoms with Crippen LogP contribution in [0.2, 0.25) is 0 Å². The average molecular weight is 372 g/mol. The molecule has 0 saturated carbocycles. The van der Waals surface area contributed by atoms with Crippen molar-refractivity contribution in [3.8, 4) is 6.07 Å². The smallest absolute Gasteiger partial charge is 0.236 e. The first-order valence-electron chi connectivity index (χ1n) is 9.15. The number of aromatic nitrogens is 2. The van der Waals surface area contributed by atoms with Crippen LogP contribution in [-0.4, -0.2) is 37.7 Å². The van der Waals surface area contributed by atoms with Crippen molar-refractivity contribution in [3.63, 3.8) is 0 Å². The summed E-state index contributed by atoms with van der Waals surface area (Å²) in [6, 6.07) is 22.8. The van der Waals surface area contributed by atoms with Crippen molar-refractivity contribution in [1.29, 1.82) is 5.26 Å². The molecule has 3 rings (SSSR count). The Morgan fingerprint density at radius 2 is 1.46 bits per heavy atom. The van der Waals surface area contributed by atoms with E-state index in [0.717, 1.165) is 5.69 Å². The lowest BCUT2D eigenvalue weighted by atomic mass is 9.91. The highest BCUT2D eigenvalue weighted by atomic mass is 15.2. The lowest BCUT2D eigenvalue weighted by molar-refractivity contribution is 0.845. The van der Waals surface area contributed by atoms with Crippen LogP contribution in [-0.2, 0) is 0 Å². The van der Waals surface area contributed by atoms with E-state index in [-0.39, 0.29) is 11.7 Å². The van der Waals surface area contributed by atoms with Gasteiger partial charge in [0.05, 0.1) is 0 Å². The number of rotatable bonds is 7. The number of nitrogens with zero attached hydrogens (tertiary/aromatic N) is 4. The standard InChI is InChI=1S/C22H24N6/c1-24-21-20(28(2)3)22(27-19(14-23)26-21)25-15-18(16-10-6-4-7-11-16)17-12-8-5-9-13-17/h4-13,18H,15H2,1-3H3,(H2,24,25,26,27). The van der Waals surface area contributed by atoms with E-state index in [9.17, 15) is 5.26 Å². The van der Waals surface area contributed by atoms with Gasteiger partial charge in [0.15, 0.2) is 11.6 Å². The zero-order chi connectivity index (χ0) is 19.9. The van der Waals surface area contributed by atoms with Crippen molar-refractivity contribution in [2.24, 2.45) is 0 Å². The van der Waals surface area contributed by atoms with Gasteiger partial charge in [0.1, 0.15) is 11.8 Å². The van der Waals surface area contributed by atoms with E-state index in [1.807, 2.05) is 61.5 Å². The fourth-order valence-corrected chi connectivity index (χ4v) is 3.22. The molecule has 0 amide bonds. The zero-order valence-electron chi connectivity index (χ0n) is 16.3. The molecule has 6 nitrogen and oxygen atoms in total. The highest BCUT2D eigenvalue weighted by Gasteiger charge is 2.19. The minimum absolute atomic E-state index is 0.133. The van der Waals surface area contributed by atoms with Crippen molar-refractivity contribution in [2.45, 2.75) is 5.92 Å². The van der Waals surface area contributed by atoms with E-state index >= 15 is 0 Å². The van der Waals surface area contributed by atoms with Crippen molar-refractivity contribution in [3.05, 3.63) is 77.6 Å². The minimum Gasteiger partial charge on any atom is -0.372 e. The molecule has 0 radical (unpaired) electrons. The number of hydrogen-bond donors (Lipinski definition) is 2. The third-order valence-electron chi connectivity index (χ3n) is 4.55. The molecular formula is C22H24N6. The highest BCUT2D eigenvalue weighted by molar-refractivity contribution is 5.78. The number of nitrogens with one attached hydrogen (secondary N) is 2. The van der Waals surface area contributed by atoms with Gasteiger partial charge in [-0.05, 0) is 11.1 Å². The van der Waals surface area contributed by atoms with E-state index in [1.54, 1.807) is 7.05 Å². The molecular weight excluding hydrogens is 348 g/mol. The molecule has 0 aliphatic rings. The van der Waals surface area contributed by atoms with Crippen molar-refractivity contribution < 1.29 is 0 Å². The lowest BCUT2D eigenvalue weighted by Gasteiger charge is -2.23. The van der Waals surface area contributed by atoms with Crippen LogP contribution in [0.25, 0.3) is 0 Å². The van der Waals surface area contributed by atoms with Gasteiger partial charge < -0.3 is 15.5 Å². The maximum Gasteiger partial charge on any atom is 0.236 e. The molecule has 0 fully saturated rings. The van der Waals surface area contributed by atoms with Crippen LogP contribution in [0.3, 0.4) is 0 Å². The third kappa shape index (κ3) is 4.21. The second kappa shape index (κ2) is 8.87. The molecule has 0 aliphatic carbocycles. The van der Waals surface area contributed by atoms with Crippen LogP contribution in [0, 0.1) is 11.3 Å². The van der Waals surface area contributed by atoms with Crippen molar-refractivity contribution in [2.75, 3.05) is 43.2 Å². The summed E-state index contributed by atoms with van der Waals surface area (Å²) in [5.74, 6) is 1.54. The van der Waals surface area contributed by atoms with Crippen molar-refractivity contribution >= 4 is 17.3 Å². The first-order chi connectivity index (χ1) is 13.6. The summed E-state index contributed by atoms with van der Waals surface area (Å²) in [6.07, 6.45) is 0. The van der Waals surface area contributed by atoms with Gasteiger partial charge in [0.2, 0.25) is 5.82 Å². The first-order valence-corrected chi connectivity index (χ1v) is 9.15. The van der Waals surface area contributed by atoms with Crippen LogP contribution in [0.1, 0.15) is 22.9 Å². The predicted octanol–water partition coefficient (Wildman–Crippen LogP) is 3.70. The van der Waals surface area contributed by atoms with Gasteiger partial charge in [-0.2, -0.15) is 15.2 Å². The molecule has 0 saturated heterocycles. The summed E-state index contributed by atoms with van der Waals surface area (Å²) in [4.78, 5) is 10.6. The Morgan fingerprint density at radius 3 is 1.93 bits per heavy atom. The van der Waals surface area contributed by atoms with Gasteiger partial charge in [0.25, 0.3) is 0 Å². The molecule has 0 atom stereocenters. The molecule has 28 heavy (non-hydrogen) atoms. The van der Waals surface area contributed by atoms with Gasteiger partial charge in [-0.15, -0.1) is 0 Å². The molecule has 0 unspecified atom stereocenters. The second-order valence-corrected chi connectivity index (χ2v) is 6.60. The number of benzene rings is 2. The van der Waals surface area contributed by atoms with Gasteiger partial charge in [-0.1, -0.05) is 60.7 Å². The van der Waals surface area contributed by atoms with Crippen LogP contribution in [0.4, 0.5) is 17.3 Å². The largest absolute Gasteiger partial charge is 0.372 e. The summed E-state index contributed by atoms with van der Waals surface area (Å²) in [5, 5.41) is 15.8. The summed E-state index contributed by atoms with van der Waals surface area (Å²) in [7, 11) is 5.66. The number of nitriles is 1. The van der Waals surface area contributed by atoms with Gasteiger partial charge in [-0.3, -0.25) is 0 Å². The summed E-state index contributed by atoms with van der Waals surface area (Å²) >= 11 is 0. The molecule has 0 spiro atoms. The lowest BCUT2D eigenvalue weighted by Crippen LogP contribution is -2.20. The molecule has 1 heterocycles. The normalized spacial score (nSPS) is 10.4. The zero-order valence-corrected chi connectivity index (χ0v) is 16.3. The average Bonchev–Trinajstić information content (AvgIpc) is 2.74. The van der Waals surface area contributed by atoms with Crippen LogP contribution >= 0.6 is 0 Å². The highest BCUT2D eigenvalue weighted by Crippen LogP contribution is 2.31. The molecule has 1 aromatic heterocycles. The van der Waals surface area contributed by atoms with Crippen LogP contribution in [0.15, 0.2) is 60.7 Å². The topological polar surface area (TPSA) is 76.9 Å². The summed E-state index contributed by atoms with van der Waals surface area (Å²) in [6.45, 7) is 0.639. The Bertz CT molecular complexity index is 909. The molecule has 142 valence electrons. The van der Waals surface area contributed by atoms with E-state index in [4.69, 9.17) is 0 Å². The predicted molar refractivity (Wildman–Crippen MR) is 114 cm³/mol. The Hall–Kier alpha value is -3.59.